The highest BCUT2D eigenvalue weighted by Gasteiger charge is 2.22. The number of aromatic nitrogens is 2. The minimum Gasteiger partial charge on any atom is -0.465 e. The lowest BCUT2D eigenvalue weighted by molar-refractivity contribution is 0.0602. The van der Waals surface area contributed by atoms with Gasteiger partial charge in [0, 0.05) is 12.1 Å². The molecule has 0 saturated carbocycles. The van der Waals surface area contributed by atoms with Gasteiger partial charge in [-0.15, -0.1) is 0 Å². The number of nitrogens with two attached hydrogens (primary N) is 1. The summed E-state index contributed by atoms with van der Waals surface area (Å²) in [6.07, 6.45) is 0. The predicted molar refractivity (Wildman–Crippen MR) is 75.4 cm³/mol. The SMILES string of the molecule is CCn1nc(-c2ccccc2)c(C(=O)OC)c(N)c1=O. The van der Waals surface area contributed by atoms with E-state index in [0.29, 0.717) is 17.8 Å². The van der Waals surface area contributed by atoms with Crippen LogP contribution < -0.4 is 11.3 Å². The normalized spacial score (nSPS) is 10.3. The van der Waals surface area contributed by atoms with Crippen molar-refractivity contribution in [3.05, 3.63) is 46.2 Å². The predicted octanol–water partition coefficient (Wildman–Crippen LogP) is 1.30. The molecule has 0 atom stereocenters. The molecule has 0 unspecified atom stereocenters. The van der Waals surface area contributed by atoms with E-state index in [1.165, 1.54) is 11.8 Å². The molecule has 20 heavy (non-hydrogen) atoms. The maximum atomic E-state index is 12.0. The Labute approximate surface area is 115 Å². The molecule has 6 heteroatoms. The largest absolute Gasteiger partial charge is 0.465 e. The smallest absolute Gasteiger partial charge is 0.342 e. The topological polar surface area (TPSA) is 87.2 Å². The molecule has 0 fully saturated rings. The molecule has 2 rings (SSSR count). The summed E-state index contributed by atoms with van der Waals surface area (Å²) in [5.41, 5.74) is 6.21. The van der Waals surface area contributed by atoms with Gasteiger partial charge in [0.2, 0.25) is 0 Å². The summed E-state index contributed by atoms with van der Waals surface area (Å²) >= 11 is 0. The lowest BCUT2D eigenvalue weighted by Gasteiger charge is -2.12. The van der Waals surface area contributed by atoms with Gasteiger partial charge in [-0.2, -0.15) is 5.10 Å². The molecule has 0 saturated heterocycles. The van der Waals surface area contributed by atoms with Gasteiger partial charge in [-0.05, 0) is 6.92 Å². The molecule has 0 spiro atoms. The number of benzene rings is 1. The number of nitrogens with zero attached hydrogens (tertiary/aromatic N) is 2. The Bertz CT molecular complexity index is 693. The van der Waals surface area contributed by atoms with Crippen molar-refractivity contribution < 1.29 is 9.53 Å². The first kappa shape index (κ1) is 13.8. The zero-order valence-corrected chi connectivity index (χ0v) is 11.3. The molecule has 0 radical (unpaired) electrons. The van der Waals surface area contributed by atoms with Gasteiger partial charge in [0.25, 0.3) is 5.56 Å². The highest BCUT2D eigenvalue weighted by atomic mass is 16.5. The van der Waals surface area contributed by atoms with Crippen molar-refractivity contribution in [2.75, 3.05) is 12.8 Å². The Kier molecular flexibility index (Phi) is 3.84. The first-order valence-corrected chi connectivity index (χ1v) is 6.14. The van der Waals surface area contributed by atoms with E-state index in [0.717, 1.165) is 0 Å². The van der Waals surface area contributed by atoms with Crippen LogP contribution in [0.5, 0.6) is 0 Å². The fourth-order valence-corrected chi connectivity index (χ4v) is 1.91. The molecule has 0 bridgehead atoms. The van der Waals surface area contributed by atoms with Crippen LogP contribution in [0.3, 0.4) is 0 Å². The van der Waals surface area contributed by atoms with Crippen molar-refractivity contribution in [2.45, 2.75) is 13.5 Å². The van der Waals surface area contributed by atoms with Gasteiger partial charge in [0.1, 0.15) is 16.9 Å². The Morgan fingerprint density at radius 3 is 2.55 bits per heavy atom. The number of carbonyl (C=O) groups excluding carboxylic acids is 1. The Morgan fingerprint density at radius 1 is 1.35 bits per heavy atom. The minimum atomic E-state index is -0.672. The number of carbonyl (C=O) groups is 1. The standard InChI is InChI=1S/C14H15N3O3/c1-3-17-13(18)11(15)10(14(19)20-2)12(16-17)9-7-5-4-6-8-9/h4-8H,3,15H2,1-2H3. The van der Waals surface area contributed by atoms with Crippen molar-refractivity contribution in [3.63, 3.8) is 0 Å². The number of hydrogen-bond donors (Lipinski definition) is 1. The summed E-state index contributed by atoms with van der Waals surface area (Å²) in [6, 6.07) is 9.06. The van der Waals surface area contributed by atoms with E-state index < -0.39 is 11.5 Å². The molecular weight excluding hydrogens is 258 g/mol. The Morgan fingerprint density at radius 2 is 2.00 bits per heavy atom. The first-order chi connectivity index (χ1) is 9.60. The Balaban J connectivity index is 2.81. The monoisotopic (exact) mass is 273 g/mol. The highest BCUT2D eigenvalue weighted by molar-refractivity contribution is 6.00. The number of hydrogen-bond acceptors (Lipinski definition) is 5. The van der Waals surface area contributed by atoms with Gasteiger partial charge in [-0.3, -0.25) is 4.79 Å². The fourth-order valence-electron chi connectivity index (χ4n) is 1.91. The number of ether oxygens (including phenoxy) is 1. The number of rotatable bonds is 3. The van der Waals surface area contributed by atoms with Gasteiger partial charge in [0.05, 0.1) is 7.11 Å². The second kappa shape index (κ2) is 5.56. The molecule has 0 amide bonds. The van der Waals surface area contributed by atoms with Crippen LogP contribution in [0.2, 0.25) is 0 Å². The molecule has 6 nitrogen and oxygen atoms in total. The van der Waals surface area contributed by atoms with Gasteiger partial charge >= 0.3 is 5.97 Å². The van der Waals surface area contributed by atoms with E-state index in [2.05, 4.69) is 5.10 Å². The van der Waals surface area contributed by atoms with Crippen molar-refractivity contribution in [1.29, 1.82) is 0 Å². The lowest BCUT2D eigenvalue weighted by Crippen LogP contribution is -2.29. The van der Waals surface area contributed by atoms with Crippen LogP contribution in [0.15, 0.2) is 35.1 Å². The van der Waals surface area contributed by atoms with Crippen LogP contribution >= 0.6 is 0 Å². The summed E-state index contributed by atoms with van der Waals surface area (Å²) in [4.78, 5) is 23.9. The quantitative estimate of drug-likeness (QED) is 0.852. The third-order valence-electron chi connectivity index (χ3n) is 2.93. The lowest BCUT2D eigenvalue weighted by atomic mass is 10.1. The molecule has 104 valence electrons. The molecule has 1 aromatic carbocycles. The number of anilines is 1. The van der Waals surface area contributed by atoms with E-state index in [9.17, 15) is 9.59 Å². The average molecular weight is 273 g/mol. The second-order valence-electron chi connectivity index (χ2n) is 4.12. The highest BCUT2D eigenvalue weighted by Crippen LogP contribution is 2.24. The number of aryl methyl sites for hydroxylation is 1. The van der Waals surface area contributed by atoms with Crippen LogP contribution in [0.4, 0.5) is 5.69 Å². The van der Waals surface area contributed by atoms with E-state index in [-0.39, 0.29) is 11.3 Å². The summed E-state index contributed by atoms with van der Waals surface area (Å²) < 4.78 is 5.93. The molecule has 2 aromatic rings. The van der Waals surface area contributed by atoms with E-state index >= 15 is 0 Å². The maximum Gasteiger partial charge on any atom is 0.342 e. The first-order valence-electron chi connectivity index (χ1n) is 6.14. The Hall–Kier alpha value is -2.63. The van der Waals surface area contributed by atoms with Gasteiger partial charge in [-0.1, -0.05) is 30.3 Å². The zero-order chi connectivity index (χ0) is 14.7. The second-order valence-corrected chi connectivity index (χ2v) is 4.12. The van der Waals surface area contributed by atoms with Crippen LogP contribution in [0.1, 0.15) is 17.3 Å². The maximum absolute atomic E-state index is 12.0. The van der Waals surface area contributed by atoms with E-state index in [1.807, 2.05) is 18.2 Å². The number of nitrogen functional groups attached to an aromatic ring is 1. The molecule has 1 heterocycles. The number of methoxy groups -OCH3 is 1. The summed E-state index contributed by atoms with van der Waals surface area (Å²) in [7, 11) is 1.24. The molecule has 0 aliphatic rings. The van der Waals surface area contributed by atoms with Gasteiger partial charge in [0.15, 0.2) is 0 Å². The fraction of sp³-hybridized carbons (Fsp3) is 0.214. The third-order valence-corrected chi connectivity index (χ3v) is 2.93. The van der Waals surface area contributed by atoms with Crippen molar-refractivity contribution >= 4 is 11.7 Å². The zero-order valence-electron chi connectivity index (χ0n) is 11.3. The van der Waals surface area contributed by atoms with Gasteiger partial charge < -0.3 is 10.5 Å². The van der Waals surface area contributed by atoms with Crippen LogP contribution in [0.25, 0.3) is 11.3 Å². The van der Waals surface area contributed by atoms with Crippen molar-refractivity contribution in [3.8, 4) is 11.3 Å². The molecule has 0 aliphatic carbocycles. The third kappa shape index (κ3) is 2.27. The van der Waals surface area contributed by atoms with Crippen LogP contribution in [-0.4, -0.2) is 22.9 Å². The molecular formula is C14H15N3O3. The average Bonchev–Trinajstić information content (AvgIpc) is 2.49. The summed E-state index contributed by atoms with van der Waals surface area (Å²) in [6.45, 7) is 2.14. The van der Waals surface area contributed by atoms with Crippen LogP contribution in [0, 0.1) is 0 Å². The molecule has 1 aromatic heterocycles. The minimum absolute atomic E-state index is 0.00778. The van der Waals surface area contributed by atoms with Crippen molar-refractivity contribution in [1.82, 2.24) is 9.78 Å². The molecule has 0 aliphatic heterocycles. The van der Waals surface area contributed by atoms with Crippen molar-refractivity contribution in [2.24, 2.45) is 0 Å². The summed E-state index contributed by atoms with van der Waals surface area (Å²) in [5.74, 6) is -0.672. The van der Waals surface area contributed by atoms with E-state index in [1.54, 1.807) is 19.1 Å². The van der Waals surface area contributed by atoms with E-state index in [4.69, 9.17) is 10.5 Å². The number of esters is 1. The summed E-state index contributed by atoms with van der Waals surface area (Å²) in [5, 5.41) is 4.21. The molecule has 2 N–H and O–H groups in total. The van der Waals surface area contributed by atoms with Crippen LogP contribution in [-0.2, 0) is 11.3 Å². The van der Waals surface area contributed by atoms with Gasteiger partial charge in [-0.25, -0.2) is 9.48 Å².